The fourth-order valence-electron chi connectivity index (χ4n) is 0.663. The first-order chi connectivity index (χ1) is 5.54. The van der Waals surface area contributed by atoms with Crippen molar-refractivity contribution in [2.75, 3.05) is 0 Å². The van der Waals surface area contributed by atoms with Crippen LogP contribution in [0.3, 0.4) is 0 Å². The molecule has 4 heteroatoms. The van der Waals surface area contributed by atoms with E-state index in [1.165, 1.54) is 11.1 Å². The molecule has 68 valence electrons. The van der Waals surface area contributed by atoms with E-state index in [1.807, 2.05) is 0 Å². The lowest BCUT2D eigenvalue weighted by molar-refractivity contribution is 0.509. The van der Waals surface area contributed by atoms with Crippen molar-refractivity contribution in [2.45, 2.75) is 13.8 Å². The summed E-state index contributed by atoms with van der Waals surface area (Å²) in [7, 11) is -3.12. The molecule has 0 heterocycles. The summed E-state index contributed by atoms with van der Waals surface area (Å²) < 4.78 is 24.2. The zero-order valence-electron chi connectivity index (χ0n) is 7.02. The smallest absolute Gasteiger partial charge is 0.254 e. The summed E-state index contributed by atoms with van der Waals surface area (Å²) in [5, 5.41) is 0. The van der Waals surface area contributed by atoms with Crippen molar-refractivity contribution < 1.29 is 13.0 Å². The number of benzene rings is 1. The van der Waals surface area contributed by atoms with E-state index in [-0.39, 0.29) is 0 Å². The van der Waals surface area contributed by atoms with E-state index in [4.69, 9.17) is 13.0 Å². The minimum absolute atomic E-state index is 1.37. The summed E-state index contributed by atoms with van der Waals surface area (Å²) >= 11 is 0. The molecule has 12 heavy (non-hydrogen) atoms. The van der Waals surface area contributed by atoms with Crippen LogP contribution in [0.2, 0.25) is 0 Å². The summed E-state index contributed by atoms with van der Waals surface area (Å²) in [4.78, 5) is 0. The van der Waals surface area contributed by atoms with Gasteiger partial charge in [0.15, 0.2) is 0 Å². The summed E-state index contributed by atoms with van der Waals surface area (Å²) in [5.41, 5.74) is 2.74. The van der Waals surface area contributed by atoms with Gasteiger partial charge >= 0.3 is 0 Å². The molecule has 1 N–H and O–H groups in total. The second kappa shape index (κ2) is 5.74. The summed E-state index contributed by atoms with van der Waals surface area (Å²) in [6.45, 7) is 4.24. The van der Waals surface area contributed by atoms with Crippen LogP contribution < -0.4 is 0 Å². The Balaban J connectivity index is 0.000000261. The van der Waals surface area contributed by atoms with Crippen LogP contribution in [0.15, 0.2) is 24.3 Å². The summed E-state index contributed by atoms with van der Waals surface area (Å²) in [6.07, 6.45) is 0. The van der Waals surface area contributed by atoms with E-state index in [9.17, 15) is 0 Å². The number of thiol groups is 1. The van der Waals surface area contributed by atoms with E-state index in [0.717, 1.165) is 0 Å². The molecule has 0 aliphatic rings. The fourth-order valence-corrected chi connectivity index (χ4v) is 0.663. The van der Waals surface area contributed by atoms with Gasteiger partial charge in [0.2, 0.25) is 0 Å². The first-order valence-corrected chi connectivity index (χ1v) is 4.52. The molecule has 1 aromatic rings. The minimum atomic E-state index is -3.12. The molecule has 0 aliphatic carbocycles. The molecule has 0 amide bonds. The third-order valence-corrected chi connectivity index (χ3v) is 1.43. The van der Waals surface area contributed by atoms with Crippen molar-refractivity contribution in [1.29, 1.82) is 0 Å². The van der Waals surface area contributed by atoms with E-state index in [2.05, 4.69) is 38.1 Å². The largest absolute Gasteiger partial charge is 0.288 e. The molecule has 1 aromatic carbocycles. The van der Waals surface area contributed by atoms with Gasteiger partial charge in [0.1, 0.15) is 0 Å². The Bertz CT molecular complexity index is 276. The highest BCUT2D eigenvalue weighted by Crippen LogP contribution is 2.02. The average Bonchev–Trinajstić information content (AvgIpc) is 1.94. The van der Waals surface area contributed by atoms with Crippen LogP contribution in [0.4, 0.5) is 0 Å². The SMILES string of the molecule is Cc1ccccc1C.O=[SH](=O)O. The van der Waals surface area contributed by atoms with Crippen molar-refractivity contribution in [2.24, 2.45) is 0 Å². The van der Waals surface area contributed by atoms with Crippen LogP contribution >= 0.6 is 0 Å². The van der Waals surface area contributed by atoms with Gasteiger partial charge in [0, 0.05) is 0 Å². The van der Waals surface area contributed by atoms with Crippen LogP contribution in [0, 0.1) is 13.8 Å². The monoisotopic (exact) mass is 188 g/mol. The molecule has 3 nitrogen and oxygen atoms in total. The van der Waals surface area contributed by atoms with Crippen molar-refractivity contribution in [3.05, 3.63) is 35.4 Å². The molecule has 0 unspecified atom stereocenters. The van der Waals surface area contributed by atoms with Gasteiger partial charge in [0.05, 0.1) is 0 Å². The van der Waals surface area contributed by atoms with Gasteiger partial charge in [-0.3, -0.25) is 4.55 Å². The molecule has 0 aromatic heterocycles. The first-order valence-electron chi connectivity index (χ1n) is 3.39. The van der Waals surface area contributed by atoms with Crippen LogP contribution in [0.1, 0.15) is 11.1 Å². The molecule has 1 rings (SSSR count). The predicted molar refractivity (Wildman–Crippen MR) is 48.9 cm³/mol. The second-order valence-electron chi connectivity index (χ2n) is 2.32. The number of hydrogen-bond donors (Lipinski definition) is 2. The maximum Gasteiger partial charge on any atom is 0.254 e. The van der Waals surface area contributed by atoms with E-state index in [0.29, 0.717) is 0 Å². The lowest BCUT2D eigenvalue weighted by Crippen LogP contribution is -1.74. The zero-order chi connectivity index (χ0) is 9.56. The van der Waals surface area contributed by atoms with Gasteiger partial charge in [-0.15, -0.1) is 0 Å². The number of rotatable bonds is 0. The van der Waals surface area contributed by atoms with E-state index in [1.54, 1.807) is 0 Å². The fraction of sp³-hybridized carbons (Fsp3) is 0.250. The van der Waals surface area contributed by atoms with Crippen LogP contribution in [0.5, 0.6) is 0 Å². The highest BCUT2D eigenvalue weighted by Gasteiger charge is 1.83. The van der Waals surface area contributed by atoms with Gasteiger partial charge in [-0.2, -0.15) is 0 Å². The molecule has 0 saturated heterocycles. The quantitative estimate of drug-likeness (QED) is 0.477. The number of aryl methyl sites for hydroxylation is 2. The van der Waals surface area contributed by atoms with Gasteiger partial charge in [0.25, 0.3) is 11.0 Å². The van der Waals surface area contributed by atoms with Gasteiger partial charge in [-0.05, 0) is 25.0 Å². The predicted octanol–water partition coefficient (Wildman–Crippen LogP) is 1.37. The normalized spacial score (nSPS) is 9.00. The topological polar surface area (TPSA) is 54.4 Å². The van der Waals surface area contributed by atoms with Gasteiger partial charge < -0.3 is 0 Å². The maximum atomic E-state index is 8.59. The Morgan fingerprint density at radius 2 is 1.33 bits per heavy atom. The Hall–Kier alpha value is -0.870. The summed E-state index contributed by atoms with van der Waals surface area (Å²) in [6, 6.07) is 8.36. The van der Waals surface area contributed by atoms with Crippen LogP contribution in [0.25, 0.3) is 0 Å². The Morgan fingerprint density at radius 1 is 1.08 bits per heavy atom. The molecule has 0 fully saturated rings. The van der Waals surface area contributed by atoms with Crippen molar-refractivity contribution in [3.63, 3.8) is 0 Å². The van der Waals surface area contributed by atoms with Gasteiger partial charge in [-0.25, -0.2) is 8.42 Å². The van der Waals surface area contributed by atoms with E-state index < -0.39 is 11.0 Å². The molecule has 0 radical (unpaired) electrons. The molecule has 0 saturated carbocycles. The first kappa shape index (κ1) is 11.1. The highest BCUT2D eigenvalue weighted by molar-refractivity contribution is 7.66. The molecule has 0 spiro atoms. The Morgan fingerprint density at radius 3 is 1.50 bits per heavy atom. The van der Waals surface area contributed by atoms with Crippen molar-refractivity contribution in [3.8, 4) is 0 Å². The molecule has 0 atom stereocenters. The lowest BCUT2D eigenvalue weighted by Gasteiger charge is -1.93. The Labute approximate surface area is 73.8 Å². The van der Waals surface area contributed by atoms with E-state index >= 15 is 0 Å². The molecular formula is C8H12O3S. The third-order valence-electron chi connectivity index (χ3n) is 1.43. The standard InChI is InChI=1S/C8H10.H2O3S/c1-7-5-3-4-6-8(7)2;1-4(2)3/h3-6H,1-2H3;4H,(H,1,2,3). The van der Waals surface area contributed by atoms with Crippen molar-refractivity contribution in [1.82, 2.24) is 0 Å². The summed E-state index contributed by atoms with van der Waals surface area (Å²) in [5.74, 6) is 0. The van der Waals surface area contributed by atoms with Crippen LogP contribution in [-0.2, 0) is 11.0 Å². The maximum absolute atomic E-state index is 8.59. The molecule has 0 aliphatic heterocycles. The van der Waals surface area contributed by atoms with Crippen molar-refractivity contribution >= 4 is 11.0 Å². The zero-order valence-corrected chi connectivity index (χ0v) is 7.91. The molecule has 0 bridgehead atoms. The van der Waals surface area contributed by atoms with Crippen LogP contribution in [-0.4, -0.2) is 13.0 Å². The van der Waals surface area contributed by atoms with Gasteiger partial charge in [-0.1, -0.05) is 24.3 Å². The molecular weight excluding hydrogens is 176 g/mol. The second-order valence-corrected chi connectivity index (χ2v) is 2.80. The highest BCUT2D eigenvalue weighted by atomic mass is 32.2. The number of hydrogen-bond acceptors (Lipinski definition) is 2. The Kier molecular flexibility index (Phi) is 5.32. The third kappa shape index (κ3) is 5.88. The average molecular weight is 188 g/mol. The minimum Gasteiger partial charge on any atom is -0.288 e. The lowest BCUT2D eigenvalue weighted by atomic mass is 10.1.